The molecule has 0 fully saturated rings. The summed E-state index contributed by atoms with van der Waals surface area (Å²) in [5, 5.41) is 11.9. The molecule has 0 amide bonds. The molecule has 16 heavy (non-hydrogen) atoms. The smallest absolute Gasteiger partial charge is 0.122 e. The normalized spacial score (nSPS) is 10.4. The molecule has 0 saturated heterocycles. The number of nitrogens with two attached hydrogens (primary N) is 1. The van der Waals surface area contributed by atoms with Crippen molar-refractivity contribution in [3.63, 3.8) is 0 Å². The van der Waals surface area contributed by atoms with Crippen LogP contribution in [0, 0.1) is 5.41 Å². The molecule has 4 nitrogen and oxygen atoms in total. The van der Waals surface area contributed by atoms with E-state index in [1.54, 1.807) is 35.3 Å². The van der Waals surface area contributed by atoms with E-state index in [0.717, 1.165) is 10.2 Å². The molecule has 6 heteroatoms. The number of nitrogen functional groups attached to an aromatic ring is 1. The predicted octanol–water partition coefficient (Wildman–Crippen LogP) is 2.57. The Kier molecular flexibility index (Phi) is 2.98. The van der Waals surface area contributed by atoms with Gasteiger partial charge in [0.1, 0.15) is 5.84 Å². The molecule has 2 rings (SSSR count). The Bertz CT molecular complexity index is 550. The van der Waals surface area contributed by atoms with Gasteiger partial charge in [-0.2, -0.15) is 5.10 Å². The van der Waals surface area contributed by atoms with Gasteiger partial charge in [0.25, 0.3) is 0 Å². The van der Waals surface area contributed by atoms with Crippen molar-refractivity contribution in [3.8, 4) is 5.69 Å². The first-order chi connectivity index (χ1) is 7.58. The zero-order valence-electron chi connectivity index (χ0n) is 8.11. The van der Waals surface area contributed by atoms with Crippen LogP contribution in [0.1, 0.15) is 5.56 Å². The second-order valence-corrected chi connectivity index (χ2v) is 4.51. The van der Waals surface area contributed by atoms with Crippen molar-refractivity contribution < 1.29 is 0 Å². The average molecular weight is 300 g/mol. The molecule has 1 aromatic carbocycles. The highest BCUT2D eigenvalue weighted by Gasteiger charge is 2.06. The topological polar surface area (TPSA) is 67.7 Å². The van der Waals surface area contributed by atoms with Crippen LogP contribution in [0.2, 0.25) is 5.02 Å². The Hall–Kier alpha value is -1.33. The van der Waals surface area contributed by atoms with Crippen LogP contribution in [-0.4, -0.2) is 15.6 Å². The number of hydrogen-bond donors (Lipinski definition) is 2. The molecular formula is C10H8BrClN4. The van der Waals surface area contributed by atoms with Gasteiger partial charge in [-0.1, -0.05) is 11.6 Å². The van der Waals surface area contributed by atoms with Crippen LogP contribution in [0.4, 0.5) is 0 Å². The molecule has 0 atom stereocenters. The molecule has 1 aromatic heterocycles. The minimum absolute atomic E-state index is 0.00454. The van der Waals surface area contributed by atoms with Crippen molar-refractivity contribution >= 4 is 33.4 Å². The Morgan fingerprint density at radius 3 is 2.75 bits per heavy atom. The molecule has 3 N–H and O–H groups in total. The summed E-state index contributed by atoms with van der Waals surface area (Å²) in [5.74, 6) is -0.00454. The monoisotopic (exact) mass is 298 g/mol. The summed E-state index contributed by atoms with van der Waals surface area (Å²) in [7, 11) is 0. The molecule has 2 aromatic rings. The van der Waals surface area contributed by atoms with Crippen molar-refractivity contribution in [2.24, 2.45) is 5.73 Å². The van der Waals surface area contributed by atoms with E-state index in [0.29, 0.717) is 10.6 Å². The van der Waals surface area contributed by atoms with Crippen LogP contribution in [0.3, 0.4) is 0 Å². The number of rotatable bonds is 2. The summed E-state index contributed by atoms with van der Waals surface area (Å²) in [4.78, 5) is 0. The molecule has 82 valence electrons. The van der Waals surface area contributed by atoms with E-state index in [2.05, 4.69) is 21.0 Å². The Balaban J connectivity index is 2.47. The van der Waals surface area contributed by atoms with E-state index in [-0.39, 0.29) is 5.84 Å². The van der Waals surface area contributed by atoms with Gasteiger partial charge in [-0.05, 0) is 34.1 Å². The van der Waals surface area contributed by atoms with Gasteiger partial charge in [0.15, 0.2) is 0 Å². The molecule has 0 unspecified atom stereocenters. The maximum absolute atomic E-state index is 7.30. The number of hydrogen-bond acceptors (Lipinski definition) is 2. The minimum atomic E-state index is -0.00454. The highest BCUT2D eigenvalue weighted by Crippen LogP contribution is 2.22. The fraction of sp³-hybridized carbons (Fsp3) is 0. The van der Waals surface area contributed by atoms with E-state index in [4.69, 9.17) is 22.7 Å². The summed E-state index contributed by atoms with van der Waals surface area (Å²) in [6.45, 7) is 0. The van der Waals surface area contributed by atoms with Gasteiger partial charge < -0.3 is 5.73 Å². The number of halogens is 2. The second kappa shape index (κ2) is 4.27. The first kappa shape index (κ1) is 11.2. The fourth-order valence-corrected chi connectivity index (χ4v) is 1.85. The first-order valence-corrected chi connectivity index (χ1v) is 5.59. The zero-order valence-corrected chi connectivity index (χ0v) is 10.5. The summed E-state index contributed by atoms with van der Waals surface area (Å²) in [6, 6.07) is 5.16. The Morgan fingerprint density at radius 2 is 2.25 bits per heavy atom. The van der Waals surface area contributed by atoms with Gasteiger partial charge in [-0.3, -0.25) is 5.41 Å². The summed E-state index contributed by atoms with van der Waals surface area (Å²) < 4.78 is 2.52. The predicted molar refractivity (Wildman–Crippen MR) is 67.3 cm³/mol. The van der Waals surface area contributed by atoms with Crippen molar-refractivity contribution in [2.45, 2.75) is 0 Å². The van der Waals surface area contributed by atoms with Crippen LogP contribution in [0.15, 0.2) is 35.1 Å². The van der Waals surface area contributed by atoms with Gasteiger partial charge in [-0.15, -0.1) is 0 Å². The molecule has 0 bridgehead atoms. The van der Waals surface area contributed by atoms with E-state index in [1.807, 2.05) is 0 Å². The lowest BCUT2D eigenvalue weighted by molar-refractivity contribution is 0.880. The number of benzene rings is 1. The highest BCUT2D eigenvalue weighted by atomic mass is 79.9. The lowest BCUT2D eigenvalue weighted by Gasteiger charge is -2.06. The highest BCUT2D eigenvalue weighted by molar-refractivity contribution is 9.10. The first-order valence-electron chi connectivity index (χ1n) is 4.42. The third kappa shape index (κ3) is 2.10. The number of nitrogens with zero attached hydrogens (tertiary/aromatic N) is 2. The van der Waals surface area contributed by atoms with Gasteiger partial charge in [0, 0.05) is 11.8 Å². The standard InChI is InChI=1S/C10H8BrClN4/c11-7-4-15-16(5-7)9-2-1-6(10(13)14)3-8(9)12/h1-5H,(H3,13,14). The maximum atomic E-state index is 7.30. The maximum Gasteiger partial charge on any atom is 0.122 e. The van der Waals surface area contributed by atoms with Crippen LogP contribution < -0.4 is 5.73 Å². The van der Waals surface area contributed by atoms with Crippen LogP contribution in [0.5, 0.6) is 0 Å². The fourth-order valence-electron chi connectivity index (χ4n) is 1.29. The van der Waals surface area contributed by atoms with Crippen molar-refractivity contribution in [2.75, 3.05) is 0 Å². The molecule has 0 radical (unpaired) electrons. The van der Waals surface area contributed by atoms with Gasteiger partial charge in [0.2, 0.25) is 0 Å². The Labute approximate surface area is 106 Å². The molecule has 0 aliphatic carbocycles. The van der Waals surface area contributed by atoms with Gasteiger partial charge in [0.05, 0.1) is 21.4 Å². The Morgan fingerprint density at radius 1 is 1.50 bits per heavy atom. The third-order valence-corrected chi connectivity index (χ3v) is 2.77. The van der Waals surface area contributed by atoms with Crippen LogP contribution in [-0.2, 0) is 0 Å². The van der Waals surface area contributed by atoms with Crippen LogP contribution >= 0.6 is 27.5 Å². The quantitative estimate of drug-likeness (QED) is 0.661. The van der Waals surface area contributed by atoms with E-state index in [1.165, 1.54) is 0 Å². The van der Waals surface area contributed by atoms with Crippen molar-refractivity contribution in [1.82, 2.24) is 9.78 Å². The SMILES string of the molecule is N=C(N)c1ccc(-n2cc(Br)cn2)c(Cl)c1. The molecular weight excluding hydrogens is 291 g/mol. The largest absolute Gasteiger partial charge is 0.384 e. The summed E-state index contributed by atoms with van der Waals surface area (Å²) in [5.41, 5.74) is 6.71. The lowest BCUT2D eigenvalue weighted by atomic mass is 10.2. The minimum Gasteiger partial charge on any atom is -0.384 e. The molecule has 1 heterocycles. The number of aromatic nitrogens is 2. The van der Waals surface area contributed by atoms with E-state index < -0.39 is 0 Å². The number of amidine groups is 1. The lowest BCUT2D eigenvalue weighted by Crippen LogP contribution is -2.11. The molecule has 0 aliphatic heterocycles. The van der Waals surface area contributed by atoms with E-state index >= 15 is 0 Å². The zero-order chi connectivity index (χ0) is 11.7. The summed E-state index contributed by atoms with van der Waals surface area (Å²) >= 11 is 9.40. The molecule has 0 spiro atoms. The average Bonchev–Trinajstić information content (AvgIpc) is 2.64. The third-order valence-electron chi connectivity index (χ3n) is 2.06. The molecule has 0 aliphatic rings. The second-order valence-electron chi connectivity index (χ2n) is 3.18. The van der Waals surface area contributed by atoms with E-state index in [9.17, 15) is 0 Å². The number of nitrogens with one attached hydrogen (secondary N) is 1. The summed E-state index contributed by atoms with van der Waals surface area (Å²) in [6.07, 6.45) is 3.48. The van der Waals surface area contributed by atoms with Crippen LogP contribution in [0.25, 0.3) is 5.69 Å². The van der Waals surface area contributed by atoms with Gasteiger partial charge in [-0.25, -0.2) is 4.68 Å². The van der Waals surface area contributed by atoms with Crippen molar-refractivity contribution in [1.29, 1.82) is 5.41 Å². The molecule has 0 saturated carbocycles. The van der Waals surface area contributed by atoms with Crippen molar-refractivity contribution in [3.05, 3.63) is 45.7 Å². The van der Waals surface area contributed by atoms with Gasteiger partial charge >= 0.3 is 0 Å².